The third kappa shape index (κ3) is 17.5. The van der Waals surface area contributed by atoms with Crippen molar-refractivity contribution >= 4 is 19.8 Å². The van der Waals surface area contributed by atoms with Crippen molar-refractivity contribution in [3.63, 3.8) is 0 Å². The molecule has 6 unspecified atom stereocenters. The zero-order chi connectivity index (χ0) is 33.0. The fourth-order valence-electron chi connectivity index (χ4n) is 5.07. The summed E-state index contributed by atoms with van der Waals surface area (Å²) in [6.07, 6.45) is 6.13. The number of ether oxygens (including phenoxy) is 2. The number of phosphoric ester groups is 1. The average molecular weight is 657 g/mol. The molecule has 0 bridgehead atoms. The van der Waals surface area contributed by atoms with E-state index in [0.29, 0.717) is 6.42 Å². The van der Waals surface area contributed by atoms with Crippen molar-refractivity contribution in [3.8, 4) is 0 Å². The molecule has 1 aliphatic rings. The van der Waals surface area contributed by atoms with Gasteiger partial charge in [0.25, 0.3) is 0 Å². The van der Waals surface area contributed by atoms with Crippen LogP contribution >= 0.6 is 7.82 Å². The zero-order valence-corrected chi connectivity index (χ0v) is 27.4. The number of carbonyl (C=O) groups is 2. The maximum absolute atomic E-state index is 12.4. The Morgan fingerprint density at radius 1 is 0.659 bits per heavy atom. The monoisotopic (exact) mass is 656 g/mol. The van der Waals surface area contributed by atoms with Crippen LogP contribution in [0.4, 0.5) is 0 Å². The largest absolute Gasteiger partial charge is 0.472 e. The van der Waals surface area contributed by atoms with E-state index in [4.69, 9.17) is 18.5 Å². The Kier molecular flexibility index (Phi) is 21.6. The molecule has 1 aliphatic carbocycles. The highest BCUT2D eigenvalue weighted by Gasteiger charge is 2.51. The Balaban J connectivity index is 2.28. The highest BCUT2D eigenvalue weighted by Crippen LogP contribution is 2.47. The van der Waals surface area contributed by atoms with Crippen LogP contribution in [0.25, 0.3) is 0 Å². The molecule has 0 aliphatic heterocycles. The van der Waals surface area contributed by atoms with E-state index in [0.717, 1.165) is 26.2 Å². The summed E-state index contributed by atoms with van der Waals surface area (Å²) in [7, 11) is -5.06. The summed E-state index contributed by atoms with van der Waals surface area (Å²) in [6, 6.07) is 0. The smallest absolute Gasteiger partial charge is 0.462 e. The number of hydrogen-bond acceptors (Lipinski definition) is 12. The van der Waals surface area contributed by atoms with Gasteiger partial charge in [-0.05, 0) is 6.42 Å². The Hall–Kier alpha value is -1.15. The average Bonchev–Trinajstić information content (AvgIpc) is 2.98. The van der Waals surface area contributed by atoms with Crippen LogP contribution in [0.3, 0.4) is 0 Å². The normalized spacial score (nSPS) is 25.7. The fourth-order valence-corrected chi connectivity index (χ4v) is 6.04. The van der Waals surface area contributed by atoms with Gasteiger partial charge < -0.3 is 39.9 Å². The molecule has 44 heavy (non-hydrogen) atoms. The van der Waals surface area contributed by atoms with Gasteiger partial charge in [0.2, 0.25) is 0 Å². The molecule has 0 spiro atoms. The van der Waals surface area contributed by atoms with Crippen LogP contribution in [0.2, 0.25) is 0 Å². The number of hydrogen-bond donors (Lipinski definition) is 6. The molecule has 14 heteroatoms. The third-order valence-electron chi connectivity index (χ3n) is 7.76. The molecular formula is C30H57O13P. The number of rotatable bonds is 25. The molecular weight excluding hydrogens is 599 g/mol. The van der Waals surface area contributed by atoms with E-state index in [-0.39, 0.29) is 6.42 Å². The van der Waals surface area contributed by atoms with Crippen LogP contribution in [0.1, 0.15) is 123 Å². The van der Waals surface area contributed by atoms with Gasteiger partial charge in [-0.2, -0.15) is 0 Å². The number of unbranched alkanes of at least 4 members (excludes halogenated alkanes) is 15. The number of aliphatic hydroxyl groups excluding tert-OH is 5. The van der Waals surface area contributed by atoms with Crippen molar-refractivity contribution in [1.29, 1.82) is 0 Å². The van der Waals surface area contributed by atoms with Crippen molar-refractivity contribution < 1.29 is 63.1 Å². The van der Waals surface area contributed by atoms with Crippen molar-refractivity contribution in [2.75, 3.05) is 13.2 Å². The molecule has 0 heterocycles. The highest BCUT2D eigenvalue weighted by atomic mass is 31.2. The molecule has 0 radical (unpaired) electrons. The lowest BCUT2D eigenvalue weighted by Crippen LogP contribution is -2.64. The standard InChI is InChI=1S/C30H57O13P/c1-3-4-5-6-7-8-9-10-11-12-13-14-15-16-17-18-19-24(32)42-23(20-40-22(2)31)21-41-44(38,39)43-30-28(36)26(34)25(33)27(35)29(30)37/h23,25-30,33-37H,3-21H2,1-2H3,(H,38,39). The summed E-state index contributed by atoms with van der Waals surface area (Å²) in [5.41, 5.74) is 0. The summed E-state index contributed by atoms with van der Waals surface area (Å²) in [5.74, 6) is -1.29. The van der Waals surface area contributed by atoms with E-state index in [1.807, 2.05) is 0 Å². The van der Waals surface area contributed by atoms with Crippen LogP contribution in [-0.2, 0) is 32.7 Å². The first kappa shape index (κ1) is 40.9. The molecule has 0 aromatic carbocycles. The SMILES string of the molecule is CCCCCCCCCCCCCCCCCCC(=O)OC(COC(C)=O)COP(=O)(O)OC1C(O)C(O)C(O)C(O)C1O. The molecule has 1 fully saturated rings. The van der Waals surface area contributed by atoms with E-state index in [1.54, 1.807) is 0 Å². The summed E-state index contributed by atoms with van der Waals surface area (Å²) in [6.45, 7) is 2.17. The summed E-state index contributed by atoms with van der Waals surface area (Å²) >= 11 is 0. The quantitative estimate of drug-likeness (QED) is 0.0473. The van der Waals surface area contributed by atoms with Crippen LogP contribution < -0.4 is 0 Å². The van der Waals surface area contributed by atoms with E-state index in [9.17, 15) is 44.6 Å². The molecule has 0 amide bonds. The first-order valence-electron chi connectivity index (χ1n) is 16.3. The van der Waals surface area contributed by atoms with E-state index in [2.05, 4.69) is 6.92 Å². The Bertz CT molecular complexity index is 813. The topological polar surface area (TPSA) is 210 Å². The van der Waals surface area contributed by atoms with Gasteiger partial charge in [-0.1, -0.05) is 103 Å². The summed E-state index contributed by atoms with van der Waals surface area (Å²) in [4.78, 5) is 33.7. The van der Waals surface area contributed by atoms with Crippen LogP contribution in [0, 0.1) is 0 Å². The van der Waals surface area contributed by atoms with Gasteiger partial charge in [0.15, 0.2) is 6.10 Å². The molecule has 13 nitrogen and oxygen atoms in total. The minimum absolute atomic E-state index is 0.0981. The lowest BCUT2D eigenvalue weighted by molar-refractivity contribution is -0.220. The first-order valence-corrected chi connectivity index (χ1v) is 17.8. The molecule has 0 aromatic rings. The summed E-state index contributed by atoms with van der Waals surface area (Å²) < 4.78 is 32.1. The maximum Gasteiger partial charge on any atom is 0.472 e. The van der Waals surface area contributed by atoms with Crippen molar-refractivity contribution in [2.45, 2.75) is 166 Å². The summed E-state index contributed by atoms with van der Waals surface area (Å²) in [5, 5.41) is 49.2. The van der Waals surface area contributed by atoms with Gasteiger partial charge in [0, 0.05) is 13.3 Å². The molecule has 0 aromatic heterocycles. The van der Waals surface area contributed by atoms with Gasteiger partial charge in [0.1, 0.15) is 43.2 Å². The number of phosphoric acid groups is 1. The Labute approximate surface area is 261 Å². The minimum atomic E-state index is -5.06. The predicted molar refractivity (Wildman–Crippen MR) is 161 cm³/mol. The molecule has 1 saturated carbocycles. The molecule has 0 saturated heterocycles. The van der Waals surface area contributed by atoms with Gasteiger partial charge in [-0.15, -0.1) is 0 Å². The van der Waals surface area contributed by atoms with E-state index < -0.39 is 75.7 Å². The Morgan fingerprint density at radius 2 is 1.07 bits per heavy atom. The van der Waals surface area contributed by atoms with Crippen molar-refractivity contribution in [1.82, 2.24) is 0 Å². The lowest BCUT2D eigenvalue weighted by atomic mass is 9.85. The third-order valence-corrected chi connectivity index (χ3v) is 8.74. The van der Waals surface area contributed by atoms with Crippen LogP contribution in [0.5, 0.6) is 0 Å². The number of esters is 2. The van der Waals surface area contributed by atoms with Gasteiger partial charge in [0.05, 0.1) is 6.61 Å². The lowest BCUT2D eigenvalue weighted by Gasteiger charge is -2.41. The van der Waals surface area contributed by atoms with Crippen molar-refractivity contribution in [2.24, 2.45) is 0 Å². The Morgan fingerprint density at radius 3 is 1.50 bits per heavy atom. The second-order valence-electron chi connectivity index (χ2n) is 11.8. The first-order chi connectivity index (χ1) is 20.9. The highest BCUT2D eigenvalue weighted by molar-refractivity contribution is 7.47. The molecule has 6 atom stereocenters. The van der Waals surface area contributed by atoms with E-state index >= 15 is 0 Å². The molecule has 1 rings (SSSR count). The zero-order valence-electron chi connectivity index (χ0n) is 26.5. The fraction of sp³-hybridized carbons (Fsp3) is 0.933. The number of aliphatic hydroxyl groups is 5. The molecule has 6 N–H and O–H groups in total. The second kappa shape index (κ2) is 23.2. The predicted octanol–water partition coefficient (Wildman–Crippen LogP) is 3.43. The molecule has 260 valence electrons. The van der Waals surface area contributed by atoms with E-state index in [1.165, 1.54) is 77.0 Å². The number of carbonyl (C=O) groups excluding carboxylic acids is 2. The van der Waals surface area contributed by atoms with Gasteiger partial charge in [-0.3, -0.25) is 18.6 Å². The van der Waals surface area contributed by atoms with Gasteiger partial charge >= 0.3 is 19.8 Å². The maximum atomic E-state index is 12.4. The second-order valence-corrected chi connectivity index (χ2v) is 13.2. The van der Waals surface area contributed by atoms with Gasteiger partial charge in [-0.25, -0.2) is 4.57 Å². The van der Waals surface area contributed by atoms with Crippen LogP contribution in [0.15, 0.2) is 0 Å². The van der Waals surface area contributed by atoms with Crippen molar-refractivity contribution in [3.05, 3.63) is 0 Å². The van der Waals surface area contributed by atoms with Crippen LogP contribution in [-0.4, -0.2) is 98.3 Å². The minimum Gasteiger partial charge on any atom is -0.462 e.